The van der Waals surface area contributed by atoms with Gasteiger partial charge in [0.1, 0.15) is 0 Å². The average Bonchev–Trinajstić information content (AvgIpc) is 1.81. The van der Waals surface area contributed by atoms with Crippen LogP contribution in [0.5, 0.6) is 0 Å². The Balaban J connectivity index is 2.80. The van der Waals surface area contributed by atoms with Gasteiger partial charge in [0.25, 0.3) is 10.2 Å². The number of ketones is 1. The fourth-order valence-corrected chi connectivity index (χ4v) is 1.55. The number of rotatable bonds is 0. The molecule has 1 saturated heterocycles. The minimum atomic E-state index is -3.33. The van der Waals surface area contributed by atoms with Gasteiger partial charge in [-0.25, -0.2) is 0 Å². The summed E-state index contributed by atoms with van der Waals surface area (Å²) in [6, 6.07) is 0. The van der Waals surface area contributed by atoms with Gasteiger partial charge in [-0.3, -0.25) is 4.79 Å². The van der Waals surface area contributed by atoms with Gasteiger partial charge in [0.15, 0.2) is 5.78 Å². The molecule has 0 spiro atoms. The van der Waals surface area contributed by atoms with Gasteiger partial charge in [-0.15, -0.1) is 0 Å². The fraction of sp³-hybridized carbons (Fsp3) is 0.750. The Kier molecular flexibility index (Phi) is 1.76. The van der Waals surface area contributed by atoms with Crippen LogP contribution in [-0.4, -0.2) is 38.6 Å². The second-order valence-corrected chi connectivity index (χ2v) is 3.98. The van der Waals surface area contributed by atoms with Crippen LogP contribution in [0, 0.1) is 0 Å². The number of carbonyl (C=O) groups excluding carboxylic acids is 1. The zero-order chi connectivity index (χ0) is 7.78. The molecule has 0 atom stereocenters. The summed E-state index contributed by atoms with van der Waals surface area (Å²) in [4.78, 5) is 10.6. The largest absolute Gasteiger partial charge is 0.297 e. The van der Waals surface area contributed by atoms with Crippen LogP contribution in [0.3, 0.4) is 0 Å². The highest BCUT2D eigenvalue weighted by atomic mass is 32.2. The summed E-state index contributed by atoms with van der Waals surface area (Å²) >= 11 is 0. The molecular weight excluding hydrogens is 156 g/mol. The topological polar surface area (TPSA) is 66.5 Å². The minimum Gasteiger partial charge on any atom is -0.297 e. The third-order valence-electron chi connectivity index (χ3n) is 1.26. The molecule has 0 amide bonds. The van der Waals surface area contributed by atoms with Gasteiger partial charge >= 0.3 is 0 Å². The van der Waals surface area contributed by atoms with Gasteiger partial charge in [-0.05, 0) is 0 Å². The van der Waals surface area contributed by atoms with Crippen LogP contribution < -0.4 is 4.72 Å². The second-order valence-electron chi connectivity index (χ2n) is 2.12. The number of carbonyl (C=O) groups is 1. The Hall–Kier alpha value is -0.460. The van der Waals surface area contributed by atoms with E-state index >= 15 is 0 Å². The zero-order valence-electron chi connectivity index (χ0n) is 5.49. The lowest BCUT2D eigenvalue weighted by Gasteiger charge is -2.21. The van der Waals surface area contributed by atoms with E-state index in [0.717, 1.165) is 4.31 Å². The molecular formula is C4H8N2O3S. The van der Waals surface area contributed by atoms with Crippen molar-refractivity contribution in [1.29, 1.82) is 0 Å². The van der Waals surface area contributed by atoms with Crippen LogP contribution in [-0.2, 0) is 15.0 Å². The number of likely N-dealkylation sites (N-methyl/N-ethyl adjacent to an activating group) is 1. The van der Waals surface area contributed by atoms with Crippen LogP contribution in [0.15, 0.2) is 0 Å². The molecule has 0 bridgehead atoms. The van der Waals surface area contributed by atoms with E-state index in [-0.39, 0.29) is 18.9 Å². The summed E-state index contributed by atoms with van der Waals surface area (Å²) in [5, 5.41) is 0. The van der Waals surface area contributed by atoms with Crippen molar-refractivity contribution in [2.75, 3.05) is 20.1 Å². The van der Waals surface area contributed by atoms with Crippen molar-refractivity contribution in [2.24, 2.45) is 0 Å². The number of hydrogen-bond donors (Lipinski definition) is 1. The summed E-state index contributed by atoms with van der Waals surface area (Å²) in [6.45, 7) is -0.0952. The molecule has 58 valence electrons. The number of Topliss-reactive ketones (excluding diaryl/α,β-unsaturated/α-hetero) is 1. The standard InChI is InChI=1S/C4H8N2O3S/c1-6-3-4(7)2-5-10(6,8)9/h5H,2-3H2,1H3. The van der Waals surface area contributed by atoms with Crippen molar-refractivity contribution >= 4 is 16.0 Å². The van der Waals surface area contributed by atoms with E-state index in [1.54, 1.807) is 0 Å². The van der Waals surface area contributed by atoms with E-state index < -0.39 is 10.2 Å². The fourth-order valence-electron chi connectivity index (χ4n) is 0.671. The van der Waals surface area contributed by atoms with Crippen molar-refractivity contribution < 1.29 is 13.2 Å². The third-order valence-corrected chi connectivity index (χ3v) is 2.72. The van der Waals surface area contributed by atoms with Crippen LogP contribution in [0.25, 0.3) is 0 Å². The molecule has 1 aliphatic heterocycles. The van der Waals surface area contributed by atoms with Crippen LogP contribution in [0.1, 0.15) is 0 Å². The predicted molar refractivity (Wildman–Crippen MR) is 34.6 cm³/mol. The van der Waals surface area contributed by atoms with E-state index in [2.05, 4.69) is 4.72 Å². The molecule has 0 radical (unpaired) electrons. The Bertz CT molecular complexity index is 245. The normalized spacial score (nSPS) is 26.7. The molecule has 0 aliphatic carbocycles. The first-order chi connectivity index (χ1) is 4.52. The molecule has 1 N–H and O–H groups in total. The van der Waals surface area contributed by atoms with E-state index in [0.29, 0.717) is 0 Å². The first kappa shape index (κ1) is 7.64. The molecule has 1 aliphatic rings. The lowest BCUT2D eigenvalue weighted by Crippen LogP contribution is -2.49. The maximum Gasteiger partial charge on any atom is 0.280 e. The van der Waals surface area contributed by atoms with Crippen LogP contribution in [0.2, 0.25) is 0 Å². The molecule has 6 heteroatoms. The highest BCUT2D eigenvalue weighted by molar-refractivity contribution is 7.87. The van der Waals surface area contributed by atoms with Crippen molar-refractivity contribution in [3.8, 4) is 0 Å². The smallest absolute Gasteiger partial charge is 0.280 e. The maximum absolute atomic E-state index is 10.8. The highest BCUT2D eigenvalue weighted by Gasteiger charge is 2.25. The van der Waals surface area contributed by atoms with E-state index in [1.807, 2.05) is 0 Å². The monoisotopic (exact) mass is 164 g/mol. The molecule has 0 unspecified atom stereocenters. The summed E-state index contributed by atoms with van der Waals surface area (Å²) in [5.74, 6) is -0.114. The van der Waals surface area contributed by atoms with Crippen LogP contribution in [0.4, 0.5) is 0 Å². The Labute approximate surface area is 59.2 Å². The highest BCUT2D eigenvalue weighted by Crippen LogP contribution is 1.97. The minimum absolute atomic E-state index is 0.0185. The molecule has 1 rings (SSSR count). The van der Waals surface area contributed by atoms with Gasteiger partial charge < -0.3 is 0 Å². The van der Waals surface area contributed by atoms with E-state index in [4.69, 9.17) is 0 Å². The summed E-state index contributed by atoms with van der Waals surface area (Å²) in [6.07, 6.45) is 0. The number of nitrogens with zero attached hydrogens (tertiary/aromatic N) is 1. The molecule has 1 heterocycles. The summed E-state index contributed by atoms with van der Waals surface area (Å²) in [5.41, 5.74) is 0. The Morgan fingerprint density at radius 1 is 1.60 bits per heavy atom. The van der Waals surface area contributed by atoms with Crippen molar-refractivity contribution in [1.82, 2.24) is 9.03 Å². The van der Waals surface area contributed by atoms with Crippen molar-refractivity contribution in [2.45, 2.75) is 0 Å². The number of hydrogen-bond acceptors (Lipinski definition) is 3. The summed E-state index contributed by atoms with van der Waals surface area (Å²) < 4.78 is 24.7. The van der Waals surface area contributed by atoms with Gasteiger partial charge in [-0.1, -0.05) is 0 Å². The molecule has 0 aromatic heterocycles. The van der Waals surface area contributed by atoms with Gasteiger partial charge in [0.2, 0.25) is 0 Å². The molecule has 0 aromatic carbocycles. The van der Waals surface area contributed by atoms with E-state index in [9.17, 15) is 13.2 Å². The van der Waals surface area contributed by atoms with Gasteiger partial charge in [-0.2, -0.15) is 17.4 Å². The molecule has 10 heavy (non-hydrogen) atoms. The van der Waals surface area contributed by atoms with Gasteiger partial charge in [0.05, 0.1) is 13.1 Å². The summed E-state index contributed by atoms with van der Waals surface area (Å²) in [7, 11) is -1.97. The quantitative estimate of drug-likeness (QED) is 0.466. The Morgan fingerprint density at radius 2 is 2.20 bits per heavy atom. The first-order valence-electron chi connectivity index (χ1n) is 2.75. The molecule has 5 nitrogen and oxygen atoms in total. The van der Waals surface area contributed by atoms with Crippen molar-refractivity contribution in [3.63, 3.8) is 0 Å². The molecule has 0 saturated carbocycles. The molecule has 1 fully saturated rings. The van der Waals surface area contributed by atoms with Gasteiger partial charge in [0, 0.05) is 7.05 Å². The second kappa shape index (κ2) is 2.30. The third kappa shape index (κ3) is 1.34. The lowest BCUT2D eigenvalue weighted by atomic mass is 10.4. The zero-order valence-corrected chi connectivity index (χ0v) is 6.31. The SMILES string of the molecule is CN1CC(=O)CNS1(=O)=O. The molecule has 0 aromatic rings. The average molecular weight is 164 g/mol. The lowest BCUT2D eigenvalue weighted by molar-refractivity contribution is -0.118. The Morgan fingerprint density at radius 3 is 2.60 bits per heavy atom. The maximum atomic E-state index is 10.8. The van der Waals surface area contributed by atoms with Crippen LogP contribution >= 0.6 is 0 Å². The number of nitrogens with one attached hydrogen (secondary N) is 1. The van der Waals surface area contributed by atoms with Crippen molar-refractivity contribution in [3.05, 3.63) is 0 Å². The predicted octanol–water partition coefficient (Wildman–Crippen LogP) is -1.66. The first-order valence-corrected chi connectivity index (χ1v) is 4.19. The van der Waals surface area contributed by atoms with E-state index in [1.165, 1.54) is 7.05 Å².